The van der Waals surface area contributed by atoms with E-state index in [0.29, 0.717) is 0 Å². The lowest BCUT2D eigenvalue weighted by molar-refractivity contribution is -0.162. The number of rotatable bonds is 5. The first-order chi connectivity index (χ1) is 11.6. The number of aromatic nitrogens is 3. The van der Waals surface area contributed by atoms with Crippen molar-refractivity contribution in [3.8, 4) is 0 Å². The van der Waals surface area contributed by atoms with E-state index in [-0.39, 0.29) is 24.2 Å². The molecule has 0 radical (unpaired) electrons. The van der Waals surface area contributed by atoms with Gasteiger partial charge in [0, 0.05) is 0 Å². The van der Waals surface area contributed by atoms with Gasteiger partial charge in [-0.3, -0.25) is 0 Å². The van der Waals surface area contributed by atoms with Gasteiger partial charge in [-0.15, -0.1) is 5.10 Å². The Hall–Kier alpha value is -1.43. The summed E-state index contributed by atoms with van der Waals surface area (Å²) in [7, 11) is 0. The molecule has 0 saturated heterocycles. The number of carbonyl (C=O) groups is 1. The monoisotopic (exact) mass is 351 g/mol. The summed E-state index contributed by atoms with van der Waals surface area (Å²) in [5.74, 6) is -0.336. The Bertz CT molecular complexity index is 587. The molecule has 0 fully saturated rings. The fraction of sp³-hybridized carbons (Fsp3) is 0.842. The molecule has 0 aliphatic heterocycles. The first-order valence-electron chi connectivity index (χ1n) is 9.42. The summed E-state index contributed by atoms with van der Waals surface area (Å²) in [5, 5.41) is 8.87. The van der Waals surface area contributed by atoms with Gasteiger partial charge >= 0.3 is 5.97 Å². The third-order valence-corrected chi connectivity index (χ3v) is 4.74. The number of carbonyl (C=O) groups excluding carboxylic acids is 1. The van der Waals surface area contributed by atoms with E-state index in [1.165, 1.54) is 0 Å². The minimum absolute atomic E-state index is 0.0502. The fourth-order valence-corrected chi connectivity index (χ4v) is 3.07. The average molecular weight is 351 g/mol. The molecule has 0 saturated carbocycles. The Morgan fingerprint density at radius 1 is 1.20 bits per heavy atom. The first kappa shape index (κ1) is 19.9. The highest BCUT2D eigenvalue weighted by Gasteiger charge is 2.30. The van der Waals surface area contributed by atoms with Crippen LogP contribution in [0.25, 0.3) is 0 Å². The molecule has 142 valence electrons. The lowest BCUT2D eigenvalue weighted by Gasteiger charge is -2.27. The van der Waals surface area contributed by atoms with Crippen LogP contribution in [0.3, 0.4) is 0 Å². The summed E-state index contributed by atoms with van der Waals surface area (Å²) in [6.07, 6.45) is 5.97. The molecule has 1 unspecified atom stereocenters. The number of hydrogen-bond donors (Lipinski definition) is 0. The van der Waals surface area contributed by atoms with E-state index in [4.69, 9.17) is 9.47 Å². The summed E-state index contributed by atoms with van der Waals surface area (Å²) in [4.78, 5) is 12.0. The van der Waals surface area contributed by atoms with Crippen LogP contribution in [-0.2, 0) is 26.2 Å². The van der Waals surface area contributed by atoms with Crippen molar-refractivity contribution < 1.29 is 14.3 Å². The summed E-state index contributed by atoms with van der Waals surface area (Å²) < 4.78 is 13.3. The molecule has 0 aromatic carbocycles. The minimum atomic E-state index is -0.499. The maximum absolute atomic E-state index is 12.0. The van der Waals surface area contributed by atoms with Crippen molar-refractivity contribution in [2.24, 2.45) is 0 Å². The van der Waals surface area contributed by atoms with Crippen LogP contribution in [0.15, 0.2) is 0 Å². The summed E-state index contributed by atoms with van der Waals surface area (Å²) in [6.45, 7) is 12.0. The number of hydrogen-bond acceptors (Lipinski definition) is 5. The van der Waals surface area contributed by atoms with E-state index in [2.05, 4.69) is 35.8 Å². The number of fused-ring (bicyclic) bond motifs is 1. The van der Waals surface area contributed by atoms with Crippen LogP contribution in [-0.4, -0.2) is 33.2 Å². The van der Waals surface area contributed by atoms with Gasteiger partial charge in [-0.25, -0.2) is 9.48 Å². The second kappa shape index (κ2) is 7.85. The van der Waals surface area contributed by atoms with Crippen molar-refractivity contribution in [1.29, 1.82) is 0 Å². The van der Waals surface area contributed by atoms with E-state index >= 15 is 0 Å². The molecule has 1 aliphatic rings. The molecule has 0 amide bonds. The van der Waals surface area contributed by atoms with Gasteiger partial charge < -0.3 is 9.47 Å². The molecule has 6 nitrogen and oxygen atoms in total. The van der Waals surface area contributed by atoms with E-state index in [0.717, 1.165) is 49.9 Å². The Morgan fingerprint density at radius 3 is 2.56 bits per heavy atom. The van der Waals surface area contributed by atoms with Crippen LogP contribution in [0.2, 0.25) is 0 Å². The van der Waals surface area contributed by atoms with Gasteiger partial charge in [0.25, 0.3) is 0 Å². The van der Waals surface area contributed by atoms with Gasteiger partial charge in [0.15, 0.2) is 0 Å². The van der Waals surface area contributed by atoms with Gasteiger partial charge in [0.1, 0.15) is 24.0 Å². The van der Waals surface area contributed by atoms with Crippen molar-refractivity contribution in [2.45, 2.75) is 97.3 Å². The molecule has 1 aromatic heterocycles. The lowest BCUT2D eigenvalue weighted by Crippen LogP contribution is -2.29. The predicted octanol–water partition coefficient (Wildman–Crippen LogP) is 3.94. The zero-order chi connectivity index (χ0) is 18.7. The van der Waals surface area contributed by atoms with Crippen molar-refractivity contribution >= 4 is 5.97 Å². The largest absolute Gasteiger partial charge is 0.458 e. The third-order valence-electron chi connectivity index (χ3n) is 4.74. The van der Waals surface area contributed by atoms with Crippen molar-refractivity contribution in [2.75, 3.05) is 6.61 Å². The minimum Gasteiger partial charge on any atom is -0.458 e. The molecular weight excluding hydrogens is 318 g/mol. The fourth-order valence-electron chi connectivity index (χ4n) is 3.07. The normalized spacial score (nSPS) is 19.0. The molecule has 0 N–H and O–H groups in total. The summed E-state index contributed by atoms with van der Waals surface area (Å²) in [5.41, 5.74) is 1.47. The van der Waals surface area contributed by atoms with Gasteiger partial charge in [-0.05, 0) is 60.3 Å². The topological polar surface area (TPSA) is 66.2 Å². The molecule has 1 aromatic rings. The SMILES string of the molecule is CCC(C)(C)n1nnc2c1CCCCCC2OCC(=O)OC(C)(C)C. The number of esters is 1. The van der Waals surface area contributed by atoms with E-state index in [1.54, 1.807) is 0 Å². The highest BCUT2D eigenvalue weighted by atomic mass is 16.6. The van der Waals surface area contributed by atoms with Crippen LogP contribution < -0.4 is 0 Å². The first-order valence-corrected chi connectivity index (χ1v) is 9.42. The van der Waals surface area contributed by atoms with Crippen LogP contribution in [0.5, 0.6) is 0 Å². The van der Waals surface area contributed by atoms with Crippen molar-refractivity contribution in [3.05, 3.63) is 11.4 Å². The Labute approximate surface area is 151 Å². The second-order valence-electron chi connectivity index (χ2n) is 8.48. The third kappa shape index (κ3) is 5.27. The van der Waals surface area contributed by atoms with Crippen LogP contribution in [0.1, 0.15) is 91.1 Å². The van der Waals surface area contributed by atoms with Crippen LogP contribution in [0, 0.1) is 0 Å². The van der Waals surface area contributed by atoms with Crippen molar-refractivity contribution in [1.82, 2.24) is 15.0 Å². The maximum atomic E-state index is 12.0. The standard InChI is InChI=1S/C19H33N3O3/c1-7-19(5,6)22-14-11-9-8-10-12-15(17(14)20-21-22)24-13-16(23)25-18(2,3)4/h15H,7-13H2,1-6H3. The van der Waals surface area contributed by atoms with E-state index < -0.39 is 5.60 Å². The Kier molecular flexibility index (Phi) is 6.25. The Morgan fingerprint density at radius 2 is 1.92 bits per heavy atom. The predicted molar refractivity (Wildman–Crippen MR) is 96.3 cm³/mol. The summed E-state index contributed by atoms with van der Waals surface area (Å²) >= 11 is 0. The lowest BCUT2D eigenvalue weighted by atomic mass is 9.96. The molecule has 25 heavy (non-hydrogen) atoms. The van der Waals surface area contributed by atoms with E-state index in [9.17, 15) is 4.79 Å². The zero-order valence-corrected chi connectivity index (χ0v) is 16.6. The van der Waals surface area contributed by atoms with Crippen LogP contribution >= 0.6 is 0 Å². The molecule has 1 heterocycles. The van der Waals surface area contributed by atoms with Gasteiger partial charge in [0.05, 0.1) is 11.2 Å². The molecule has 0 bridgehead atoms. The van der Waals surface area contributed by atoms with Gasteiger partial charge in [0.2, 0.25) is 0 Å². The van der Waals surface area contributed by atoms with Crippen molar-refractivity contribution in [3.63, 3.8) is 0 Å². The molecule has 6 heteroatoms. The second-order valence-corrected chi connectivity index (χ2v) is 8.48. The van der Waals surface area contributed by atoms with Gasteiger partial charge in [-0.2, -0.15) is 0 Å². The maximum Gasteiger partial charge on any atom is 0.332 e. The molecule has 2 rings (SSSR count). The smallest absolute Gasteiger partial charge is 0.332 e. The quantitative estimate of drug-likeness (QED) is 0.752. The molecule has 1 aliphatic carbocycles. The highest BCUT2D eigenvalue weighted by molar-refractivity contribution is 5.71. The molecule has 1 atom stereocenters. The number of ether oxygens (including phenoxy) is 2. The van der Waals surface area contributed by atoms with E-state index in [1.807, 2.05) is 20.8 Å². The van der Waals surface area contributed by atoms with Gasteiger partial charge in [-0.1, -0.05) is 25.0 Å². The average Bonchev–Trinajstić information content (AvgIpc) is 2.89. The zero-order valence-electron chi connectivity index (χ0n) is 16.6. The molecule has 0 spiro atoms. The van der Waals surface area contributed by atoms with Crippen LogP contribution in [0.4, 0.5) is 0 Å². The number of nitrogens with zero attached hydrogens (tertiary/aromatic N) is 3. The summed E-state index contributed by atoms with van der Waals surface area (Å²) in [6, 6.07) is 0. The molecular formula is C19H33N3O3. The Balaban J connectivity index is 2.17. The highest BCUT2D eigenvalue weighted by Crippen LogP contribution is 2.32.